The Bertz CT molecular complexity index is 535. The second-order valence-electron chi connectivity index (χ2n) is 9.08. The largest absolute Gasteiger partial charge is 0.480 e. The van der Waals surface area contributed by atoms with Gasteiger partial charge in [-0.1, -0.05) is 84.0 Å². The van der Waals surface area contributed by atoms with Gasteiger partial charge in [-0.3, -0.25) is 9.59 Å². The zero-order chi connectivity index (χ0) is 25.4. The molecule has 0 fully saturated rings. The third kappa shape index (κ3) is 19.4. The van der Waals surface area contributed by atoms with Gasteiger partial charge in [0.25, 0.3) is 0 Å². The molecule has 0 bridgehead atoms. The quantitative estimate of drug-likeness (QED) is 0.135. The standard InChI is InChI=1S/C26H50N2O4S2/c1-4-5-6-7-8-9-10-11-12-13-14-15-16-17-24(29)27-22(18-20-33-2)25(30)28-23(26(31)32)19-21-34-3/h22-23H,4-21H2,1-3H3,(H,27,29)(H,28,30)(H,31,32). The SMILES string of the molecule is CCCCCCCCCCCCCCCC(=O)NC(CCSC)C(=O)NC(CCSC)C(=O)O. The van der Waals surface area contributed by atoms with Crippen molar-refractivity contribution < 1.29 is 19.5 Å². The Kier molecular flexibility index (Phi) is 23.2. The van der Waals surface area contributed by atoms with Gasteiger partial charge in [-0.15, -0.1) is 0 Å². The van der Waals surface area contributed by atoms with E-state index in [1.54, 1.807) is 23.5 Å². The van der Waals surface area contributed by atoms with Gasteiger partial charge in [0.15, 0.2) is 0 Å². The molecule has 3 N–H and O–H groups in total. The molecule has 0 aromatic carbocycles. The Morgan fingerprint density at radius 3 is 1.56 bits per heavy atom. The summed E-state index contributed by atoms with van der Waals surface area (Å²) in [5.74, 6) is -0.191. The van der Waals surface area contributed by atoms with Crippen LogP contribution >= 0.6 is 23.5 Å². The molecule has 0 saturated carbocycles. The second kappa shape index (κ2) is 23.8. The number of hydrogen-bond acceptors (Lipinski definition) is 5. The summed E-state index contributed by atoms with van der Waals surface area (Å²) in [6.07, 6.45) is 21.5. The lowest BCUT2D eigenvalue weighted by Crippen LogP contribution is -2.52. The van der Waals surface area contributed by atoms with Crippen LogP contribution in [0, 0.1) is 0 Å². The van der Waals surface area contributed by atoms with Crippen LogP contribution in [0.4, 0.5) is 0 Å². The molecule has 2 atom stereocenters. The first-order valence-corrected chi connectivity index (χ1v) is 16.0. The van der Waals surface area contributed by atoms with Crippen molar-refractivity contribution in [3.05, 3.63) is 0 Å². The molecule has 0 aliphatic carbocycles. The van der Waals surface area contributed by atoms with Crippen molar-refractivity contribution in [2.75, 3.05) is 24.0 Å². The number of thioether (sulfide) groups is 2. The number of carboxylic acids is 1. The van der Waals surface area contributed by atoms with Gasteiger partial charge < -0.3 is 15.7 Å². The third-order valence-electron chi connectivity index (χ3n) is 5.99. The van der Waals surface area contributed by atoms with Crippen molar-refractivity contribution in [3.63, 3.8) is 0 Å². The van der Waals surface area contributed by atoms with Crippen LogP contribution in [0.15, 0.2) is 0 Å². The van der Waals surface area contributed by atoms with Crippen molar-refractivity contribution in [1.82, 2.24) is 10.6 Å². The summed E-state index contributed by atoms with van der Waals surface area (Å²) in [4.78, 5) is 36.5. The van der Waals surface area contributed by atoms with E-state index in [4.69, 9.17) is 0 Å². The predicted molar refractivity (Wildman–Crippen MR) is 148 cm³/mol. The fraction of sp³-hybridized carbons (Fsp3) is 0.885. The van der Waals surface area contributed by atoms with E-state index in [9.17, 15) is 19.5 Å². The van der Waals surface area contributed by atoms with E-state index in [2.05, 4.69) is 17.6 Å². The van der Waals surface area contributed by atoms with Crippen LogP contribution in [-0.4, -0.2) is 59.0 Å². The van der Waals surface area contributed by atoms with Crippen molar-refractivity contribution in [2.45, 2.75) is 122 Å². The summed E-state index contributed by atoms with van der Waals surface area (Å²) in [5, 5.41) is 14.8. The van der Waals surface area contributed by atoms with Gasteiger partial charge in [0, 0.05) is 6.42 Å². The molecule has 0 heterocycles. The predicted octanol–water partition coefficient (Wildman–Crippen LogP) is 6.03. The highest BCUT2D eigenvalue weighted by atomic mass is 32.2. The zero-order valence-electron chi connectivity index (χ0n) is 21.9. The van der Waals surface area contributed by atoms with Gasteiger partial charge >= 0.3 is 5.97 Å². The van der Waals surface area contributed by atoms with Gasteiger partial charge in [-0.25, -0.2) is 4.79 Å². The van der Waals surface area contributed by atoms with E-state index < -0.39 is 24.0 Å². The van der Waals surface area contributed by atoms with E-state index in [-0.39, 0.29) is 5.91 Å². The highest BCUT2D eigenvalue weighted by Gasteiger charge is 2.25. The Morgan fingerprint density at radius 2 is 1.12 bits per heavy atom. The normalized spacial score (nSPS) is 12.8. The lowest BCUT2D eigenvalue weighted by molar-refractivity contribution is -0.142. The lowest BCUT2D eigenvalue weighted by Gasteiger charge is -2.21. The second-order valence-corrected chi connectivity index (χ2v) is 11.0. The summed E-state index contributed by atoms with van der Waals surface area (Å²) in [6.45, 7) is 2.25. The molecule has 0 saturated heterocycles. The summed E-state index contributed by atoms with van der Waals surface area (Å²) in [6, 6.07) is -1.60. The minimum absolute atomic E-state index is 0.125. The van der Waals surface area contributed by atoms with Crippen molar-refractivity contribution in [2.24, 2.45) is 0 Å². The number of unbranched alkanes of at least 4 members (excludes halogenated alkanes) is 12. The first kappa shape index (κ1) is 33.1. The maximum absolute atomic E-state index is 12.6. The van der Waals surface area contributed by atoms with E-state index in [1.165, 1.54) is 64.2 Å². The maximum Gasteiger partial charge on any atom is 0.326 e. The summed E-state index contributed by atoms with van der Waals surface area (Å²) in [7, 11) is 0. The Balaban J connectivity index is 4.07. The molecule has 2 amide bonds. The Labute approximate surface area is 216 Å². The molecule has 0 aromatic heterocycles. The minimum atomic E-state index is -1.04. The van der Waals surface area contributed by atoms with E-state index in [1.807, 2.05) is 12.5 Å². The van der Waals surface area contributed by atoms with Crippen LogP contribution in [0.5, 0.6) is 0 Å². The number of nitrogens with one attached hydrogen (secondary N) is 2. The number of carbonyl (C=O) groups excluding carboxylic acids is 2. The van der Waals surface area contributed by atoms with Gasteiger partial charge in [0.2, 0.25) is 11.8 Å². The number of aliphatic carboxylic acids is 1. The van der Waals surface area contributed by atoms with Crippen LogP contribution in [-0.2, 0) is 14.4 Å². The number of hydrogen-bond donors (Lipinski definition) is 3. The minimum Gasteiger partial charge on any atom is -0.480 e. The van der Waals surface area contributed by atoms with E-state index >= 15 is 0 Å². The molecule has 34 heavy (non-hydrogen) atoms. The fourth-order valence-corrected chi connectivity index (χ4v) is 4.78. The number of carboxylic acid groups (broad SMARTS) is 1. The molecular weight excluding hydrogens is 468 g/mol. The summed E-state index contributed by atoms with van der Waals surface area (Å²) in [5.41, 5.74) is 0. The first-order valence-electron chi connectivity index (χ1n) is 13.3. The Hall–Kier alpha value is -0.890. The molecule has 2 unspecified atom stereocenters. The summed E-state index contributed by atoms with van der Waals surface area (Å²) < 4.78 is 0. The smallest absolute Gasteiger partial charge is 0.326 e. The van der Waals surface area contributed by atoms with Gasteiger partial charge in [-0.05, 0) is 43.3 Å². The average Bonchev–Trinajstić information content (AvgIpc) is 2.81. The van der Waals surface area contributed by atoms with Crippen molar-refractivity contribution >= 4 is 41.3 Å². The van der Waals surface area contributed by atoms with Crippen LogP contribution in [0.1, 0.15) is 110 Å². The van der Waals surface area contributed by atoms with Crippen LogP contribution in [0.3, 0.4) is 0 Å². The van der Waals surface area contributed by atoms with Crippen molar-refractivity contribution in [1.29, 1.82) is 0 Å². The first-order chi connectivity index (χ1) is 16.5. The molecule has 0 aromatic rings. The number of amides is 2. The molecule has 0 radical (unpaired) electrons. The average molecular weight is 519 g/mol. The van der Waals surface area contributed by atoms with Crippen LogP contribution in [0.25, 0.3) is 0 Å². The highest BCUT2D eigenvalue weighted by Crippen LogP contribution is 2.13. The maximum atomic E-state index is 12.6. The van der Waals surface area contributed by atoms with Crippen LogP contribution in [0.2, 0.25) is 0 Å². The highest BCUT2D eigenvalue weighted by molar-refractivity contribution is 7.98. The summed E-state index contributed by atoms with van der Waals surface area (Å²) >= 11 is 3.14. The topological polar surface area (TPSA) is 95.5 Å². The molecule has 0 aliphatic heterocycles. The fourth-order valence-electron chi connectivity index (χ4n) is 3.84. The van der Waals surface area contributed by atoms with Gasteiger partial charge in [0.1, 0.15) is 12.1 Å². The number of carbonyl (C=O) groups is 3. The monoisotopic (exact) mass is 518 g/mol. The third-order valence-corrected chi connectivity index (χ3v) is 7.28. The van der Waals surface area contributed by atoms with Crippen molar-refractivity contribution in [3.8, 4) is 0 Å². The van der Waals surface area contributed by atoms with Crippen LogP contribution < -0.4 is 10.6 Å². The lowest BCUT2D eigenvalue weighted by atomic mass is 10.0. The molecule has 0 spiro atoms. The van der Waals surface area contributed by atoms with Gasteiger partial charge in [0.05, 0.1) is 0 Å². The molecule has 0 rings (SSSR count). The van der Waals surface area contributed by atoms with E-state index in [0.29, 0.717) is 25.0 Å². The Morgan fingerprint density at radius 1 is 0.676 bits per heavy atom. The molecule has 6 nitrogen and oxygen atoms in total. The van der Waals surface area contributed by atoms with Gasteiger partial charge in [-0.2, -0.15) is 23.5 Å². The molecule has 200 valence electrons. The van der Waals surface area contributed by atoms with E-state index in [0.717, 1.165) is 25.0 Å². The zero-order valence-corrected chi connectivity index (χ0v) is 23.5. The molecule has 0 aliphatic rings. The molecular formula is C26H50N2O4S2. The number of rotatable bonds is 24. The molecule has 8 heteroatoms.